The Morgan fingerprint density at radius 1 is 1.12 bits per heavy atom. The minimum atomic E-state index is -0.242. The van der Waals surface area contributed by atoms with E-state index in [-0.39, 0.29) is 11.9 Å². The first kappa shape index (κ1) is 16.6. The Balaban J connectivity index is 1.90. The lowest BCUT2D eigenvalue weighted by molar-refractivity contribution is 0.622. The van der Waals surface area contributed by atoms with Crippen LogP contribution >= 0.6 is 27.7 Å². The molecule has 0 aliphatic carbocycles. The summed E-state index contributed by atoms with van der Waals surface area (Å²) in [5.41, 5.74) is 1.76. The van der Waals surface area contributed by atoms with Crippen LogP contribution in [0.1, 0.15) is 18.7 Å². The van der Waals surface area contributed by atoms with Crippen LogP contribution in [0.25, 0.3) is 21.7 Å². The summed E-state index contributed by atoms with van der Waals surface area (Å²) in [6.45, 7) is 2.13. The van der Waals surface area contributed by atoms with E-state index >= 15 is 0 Å². The van der Waals surface area contributed by atoms with Crippen molar-refractivity contribution in [3.05, 3.63) is 70.8 Å². The molecular weight excluding hydrogens is 399 g/mol. The van der Waals surface area contributed by atoms with Gasteiger partial charge in [-0.25, -0.2) is 9.37 Å². The zero-order valence-electron chi connectivity index (χ0n) is 13.8. The van der Waals surface area contributed by atoms with Crippen molar-refractivity contribution in [3.63, 3.8) is 0 Å². The lowest BCUT2D eigenvalue weighted by atomic mass is 10.1. The van der Waals surface area contributed by atoms with Crippen molar-refractivity contribution in [2.45, 2.75) is 17.9 Å². The van der Waals surface area contributed by atoms with Crippen LogP contribution in [0.5, 0.6) is 0 Å². The molecule has 4 aromatic rings. The SMILES string of the molecule is CSc1c(Br)c(C(C)n2cc3ccccc3c2)nc2ccc(F)cc12. The molecular formula is C20H16BrFN2S. The molecule has 1 atom stereocenters. The zero-order chi connectivity index (χ0) is 17.6. The van der Waals surface area contributed by atoms with Crippen molar-refractivity contribution in [2.24, 2.45) is 0 Å². The second-order valence-corrected chi connectivity index (χ2v) is 7.63. The third kappa shape index (κ3) is 2.85. The van der Waals surface area contributed by atoms with Gasteiger partial charge in [-0.05, 0) is 58.1 Å². The molecule has 2 aromatic heterocycles. The number of fused-ring (bicyclic) bond motifs is 2. The summed E-state index contributed by atoms with van der Waals surface area (Å²) in [5.74, 6) is -0.242. The summed E-state index contributed by atoms with van der Waals surface area (Å²) in [6.07, 6.45) is 6.28. The number of nitrogens with zero attached hydrogens (tertiary/aromatic N) is 2. The number of aromatic nitrogens is 2. The topological polar surface area (TPSA) is 17.8 Å². The highest BCUT2D eigenvalue weighted by Crippen LogP contribution is 2.38. The molecule has 0 saturated heterocycles. The zero-order valence-corrected chi connectivity index (χ0v) is 16.2. The largest absolute Gasteiger partial charge is 0.344 e. The van der Waals surface area contributed by atoms with Crippen LogP contribution in [0.4, 0.5) is 4.39 Å². The molecule has 2 heterocycles. The van der Waals surface area contributed by atoms with E-state index in [2.05, 4.69) is 51.9 Å². The summed E-state index contributed by atoms with van der Waals surface area (Å²) in [4.78, 5) is 5.84. The number of pyridine rings is 1. The predicted molar refractivity (Wildman–Crippen MR) is 107 cm³/mol. The molecule has 0 fully saturated rings. The fourth-order valence-corrected chi connectivity index (χ4v) is 4.93. The molecule has 0 radical (unpaired) electrons. The molecule has 126 valence electrons. The number of rotatable bonds is 3. The molecule has 2 nitrogen and oxygen atoms in total. The molecule has 0 bridgehead atoms. The summed E-state index contributed by atoms with van der Waals surface area (Å²) in [5, 5.41) is 3.25. The van der Waals surface area contributed by atoms with Crippen LogP contribution < -0.4 is 0 Å². The highest BCUT2D eigenvalue weighted by molar-refractivity contribution is 9.10. The Morgan fingerprint density at radius 2 is 1.80 bits per heavy atom. The van der Waals surface area contributed by atoms with Gasteiger partial charge in [0.15, 0.2) is 0 Å². The van der Waals surface area contributed by atoms with E-state index in [4.69, 9.17) is 4.98 Å². The molecule has 0 saturated carbocycles. The summed E-state index contributed by atoms with van der Waals surface area (Å²) in [6, 6.07) is 13.1. The monoisotopic (exact) mass is 414 g/mol. The van der Waals surface area contributed by atoms with Gasteiger partial charge in [-0.2, -0.15) is 0 Å². The predicted octanol–water partition coefficient (Wildman–Crippen LogP) is 6.42. The average molecular weight is 415 g/mol. The molecule has 0 aliphatic heterocycles. The molecule has 2 aromatic carbocycles. The average Bonchev–Trinajstić information content (AvgIpc) is 3.05. The Kier molecular flexibility index (Phi) is 4.29. The van der Waals surface area contributed by atoms with Gasteiger partial charge < -0.3 is 4.57 Å². The van der Waals surface area contributed by atoms with Crippen LogP contribution in [0.2, 0.25) is 0 Å². The van der Waals surface area contributed by atoms with E-state index < -0.39 is 0 Å². The van der Waals surface area contributed by atoms with Crippen molar-refractivity contribution in [1.29, 1.82) is 0 Å². The summed E-state index contributed by atoms with van der Waals surface area (Å²) < 4.78 is 16.8. The minimum absolute atomic E-state index is 0.0575. The normalized spacial score (nSPS) is 12.8. The van der Waals surface area contributed by atoms with Gasteiger partial charge in [0.05, 0.1) is 21.7 Å². The van der Waals surface area contributed by atoms with Gasteiger partial charge in [0.25, 0.3) is 0 Å². The first-order chi connectivity index (χ1) is 12.1. The molecule has 1 unspecified atom stereocenters. The fraction of sp³-hybridized carbons (Fsp3) is 0.150. The molecule has 0 aliphatic rings. The Bertz CT molecular complexity index is 1060. The van der Waals surface area contributed by atoms with Gasteiger partial charge in [-0.1, -0.05) is 24.3 Å². The standard InChI is InChI=1S/C20H16BrFN2S/c1-12(24-10-13-5-3-4-6-14(13)11-24)19-18(21)20(25-2)16-9-15(22)7-8-17(16)23-19/h3-12H,1-2H3. The van der Waals surface area contributed by atoms with E-state index in [1.54, 1.807) is 23.9 Å². The van der Waals surface area contributed by atoms with E-state index in [1.165, 1.54) is 16.8 Å². The maximum Gasteiger partial charge on any atom is 0.124 e. The number of thioether (sulfide) groups is 1. The van der Waals surface area contributed by atoms with Gasteiger partial charge in [0.2, 0.25) is 0 Å². The van der Waals surface area contributed by atoms with E-state index in [0.717, 1.165) is 26.0 Å². The van der Waals surface area contributed by atoms with Gasteiger partial charge in [0, 0.05) is 22.7 Å². The van der Waals surface area contributed by atoms with Crippen LogP contribution in [0.3, 0.4) is 0 Å². The Morgan fingerprint density at radius 3 is 2.44 bits per heavy atom. The van der Waals surface area contributed by atoms with Crippen molar-refractivity contribution in [1.82, 2.24) is 9.55 Å². The molecule has 25 heavy (non-hydrogen) atoms. The number of hydrogen-bond acceptors (Lipinski definition) is 2. The second kappa shape index (κ2) is 6.46. The second-order valence-electron chi connectivity index (χ2n) is 6.02. The first-order valence-electron chi connectivity index (χ1n) is 7.97. The molecule has 0 N–H and O–H groups in total. The molecule has 0 amide bonds. The van der Waals surface area contributed by atoms with Crippen LogP contribution in [0, 0.1) is 5.82 Å². The van der Waals surface area contributed by atoms with Gasteiger partial charge in [-0.15, -0.1) is 11.8 Å². The maximum absolute atomic E-state index is 13.7. The third-order valence-corrected chi connectivity index (χ3v) is 6.39. The van der Waals surface area contributed by atoms with Crippen LogP contribution in [0.15, 0.2) is 64.2 Å². The van der Waals surface area contributed by atoms with Crippen molar-refractivity contribution < 1.29 is 4.39 Å². The third-order valence-electron chi connectivity index (χ3n) is 4.49. The fourth-order valence-electron chi connectivity index (χ4n) is 3.15. The smallest absolute Gasteiger partial charge is 0.124 e. The Labute approximate surface area is 158 Å². The lowest BCUT2D eigenvalue weighted by Crippen LogP contribution is -2.08. The number of benzene rings is 2. The number of halogens is 2. The first-order valence-corrected chi connectivity index (χ1v) is 9.99. The van der Waals surface area contributed by atoms with E-state index in [0.29, 0.717) is 0 Å². The highest BCUT2D eigenvalue weighted by atomic mass is 79.9. The van der Waals surface area contributed by atoms with Gasteiger partial charge in [-0.3, -0.25) is 0 Å². The van der Waals surface area contributed by atoms with Gasteiger partial charge >= 0.3 is 0 Å². The van der Waals surface area contributed by atoms with Crippen molar-refractivity contribution in [3.8, 4) is 0 Å². The molecule has 4 rings (SSSR count). The highest BCUT2D eigenvalue weighted by Gasteiger charge is 2.19. The molecule has 0 spiro atoms. The van der Waals surface area contributed by atoms with E-state index in [1.807, 2.05) is 18.4 Å². The lowest BCUT2D eigenvalue weighted by Gasteiger charge is -2.18. The quantitative estimate of drug-likeness (QED) is 0.359. The maximum atomic E-state index is 13.7. The van der Waals surface area contributed by atoms with E-state index in [9.17, 15) is 4.39 Å². The molecule has 5 heteroatoms. The number of hydrogen-bond donors (Lipinski definition) is 0. The summed E-state index contributed by atoms with van der Waals surface area (Å²) >= 11 is 5.31. The van der Waals surface area contributed by atoms with Gasteiger partial charge in [0.1, 0.15) is 5.82 Å². The van der Waals surface area contributed by atoms with Crippen molar-refractivity contribution >= 4 is 49.4 Å². The minimum Gasteiger partial charge on any atom is -0.344 e. The van der Waals surface area contributed by atoms with Crippen molar-refractivity contribution in [2.75, 3.05) is 6.26 Å². The van der Waals surface area contributed by atoms with Crippen LogP contribution in [-0.4, -0.2) is 15.8 Å². The Hall–Kier alpha value is -1.85. The van der Waals surface area contributed by atoms with Crippen LogP contribution in [-0.2, 0) is 0 Å². The summed E-state index contributed by atoms with van der Waals surface area (Å²) in [7, 11) is 0.